The zero-order valence-corrected chi connectivity index (χ0v) is 13.7. The highest BCUT2D eigenvalue weighted by Crippen LogP contribution is 2.25. The van der Waals surface area contributed by atoms with E-state index in [0.717, 1.165) is 5.56 Å². The van der Waals surface area contributed by atoms with Crippen molar-refractivity contribution in [3.63, 3.8) is 0 Å². The molecule has 0 spiro atoms. The van der Waals surface area contributed by atoms with Gasteiger partial charge in [0.1, 0.15) is 0 Å². The molecule has 1 atom stereocenters. The van der Waals surface area contributed by atoms with Crippen LogP contribution in [-0.2, 0) is 0 Å². The molecule has 1 N–H and O–H groups in total. The number of Topliss-reactive ketones (excluding diaryl/α,β-unsaturated/α-hetero) is 1. The number of amides is 1. The summed E-state index contributed by atoms with van der Waals surface area (Å²) in [6, 6.07) is 11.8. The molecule has 0 aromatic heterocycles. The molecule has 22 heavy (non-hydrogen) atoms. The standard InChI is InChI=1S/C17H15Cl2NO2/c1-10(12-5-3-6-13(9-12)11(2)21)20-17(22)16-14(18)7-4-8-15(16)19/h3-10H,1-2H3,(H,20,22). The SMILES string of the molecule is CC(=O)c1cccc(C(C)NC(=O)c2c(Cl)cccc2Cl)c1. The highest BCUT2D eigenvalue weighted by Gasteiger charge is 2.17. The molecule has 0 aliphatic rings. The van der Waals surface area contributed by atoms with Crippen LogP contribution in [0.3, 0.4) is 0 Å². The highest BCUT2D eigenvalue weighted by atomic mass is 35.5. The Hall–Kier alpha value is -1.84. The predicted molar refractivity (Wildman–Crippen MR) is 88.8 cm³/mol. The Kier molecular flexibility index (Phi) is 5.22. The Morgan fingerprint density at radius 1 is 1.05 bits per heavy atom. The summed E-state index contributed by atoms with van der Waals surface area (Å²) in [4.78, 5) is 23.8. The number of hydrogen-bond donors (Lipinski definition) is 1. The maximum absolute atomic E-state index is 12.3. The minimum Gasteiger partial charge on any atom is -0.345 e. The summed E-state index contributed by atoms with van der Waals surface area (Å²) in [6.07, 6.45) is 0. The van der Waals surface area contributed by atoms with Crippen LogP contribution in [-0.4, -0.2) is 11.7 Å². The lowest BCUT2D eigenvalue weighted by atomic mass is 10.0. The van der Waals surface area contributed by atoms with E-state index in [1.165, 1.54) is 6.92 Å². The van der Waals surface area contributed by atoms with Gasteiger partial charge in [-0.1, -0.05) is 47.5 Å². The van der Waals surface area contributed by atoms with Crippen molar-refractivity contribution in [1.29, 1.82) is 0 Å². The molecule has 1 unspecified atom stereocenters. The van der Waals surface area contributed by atoms with Gasteiger partial charge in [-0.3, -0.25) is 9.59 Å². The lowest BCUT2D eigenvalue weighted by molar-refractivity contribution is 0.0939. The van der Waals surface area contributed by atoms with E-state index in [1.807, 2.05) is 13.0 Å². The number of benzene rings is 2. The van der Waals surface area contributed by atoms with Crippen molar-refractivity contribution in [2.75, 3.05) is 0 Å². The molecule has 3 nitrogen and oxygen atoms in total. The molecule has 2 rings (SSSR count). The van der Waals surface area contributed by atoms with E-state index in [0.29, 0.717) is 15.6 Å². The van der Waals surface area contributed by atoms with E-state index < -0.39 is 0 Å². The highest BCUT2D eigenvalue weighted by molar-refractivity contribution is 6.39. The molecule has 0 aliphatic heterocycles. The summed E-state index contributed by atoms with van der Waals surface area (Å²) in [5, 5.41) is 3.44. The summed E-state index contributed by atoms with van der Waals surface area (Å²) in [6.45, 7) is 3.34. The number of halogens is 2. The Balaban J connectivity index is 2.21. The smallest absolute Gasteiger partial charge is 0.254 e. The summed E-state index contributed by atoms with van der Waals surface area (Å²) < 4.78 is 0. The molecule has 1 amide bonds. The van der Waals surface area contributed by atoms with Crippen molar-refractivity contribution < 1.29 is 9.59 Å². The number of carbonyl (C=O) groups is 2. The Morgan fingerprint density at radius 2 is 1.64 bits per heavy atom. The molecular formula is C17H15Cl2NO2. The van der Waals surface area contributed by atoms with Gasteiger partial charge in [0.05, 0.1) is 21.7 Å². The van der Waals surface area contributed by atoms with Crippen molar-refractivity contribution in [3.05, 3.63) is 69.2 Å². The fourth-order valence-electron chi connectivity index (χ4n) is 2.09. The average molecular weight is 336 g/mol. The third kappa shape index (κ3) is 3.67. The number of hydrogen-bond acceptors (Lipinski definition) is 2. The predicted octanol–water partition coefficient (Wildman–Crippen LogP) is 4.69. The van der Waals surface area contributed by atoms with Gasteiger partial charge < -0.3 is 5.32 Å². The van der Waals surface area contributed by atoms with Gasteiger partial charge >= 0.3 is 0 Å². The van der Waals surface area contributed by atoms with Gasteiger partial charge in [0.2, 0.25) is 0 Å². The van der Waals surface area contributed by atoms with Crippen LogP contribution in [0.1, 0.15) is 46.2 Å². The summed E-state index contributed by atoms with van der Waals surface area (Å²) in [5.41, 5.74) is 1.69. The van der Waals surface area contributed by atoms with E-state index in [1.54, 1.807) is 36.4 Å². The van der Waals surface area contributed by atoms with Gasteiger partial charge in [-0.25, -0.2) is 0 Å². The first-order valence-corrected chi connectivity index (χ1v) is 7.51. The summed E-state index contributed by atoms with van der Waals surface area (Å²) in [7, 11) is 0. The Bertz CT molecular complexity index is 708. The minimum absolute atomic E-state index is 0.0190. The van der Waals surface area contributed by atoms with Crippen LogP contribution in [0.25, 0.3) is 0 Å². The number of carbonyl (C=O) groups excluding carboxylic acids is 2. The number of rotatable bonds is 4. The third-order valence-corrected chi connectivity index (χ3v) is 3.96. The molecule has 2 aromatic rings. The van der Waals surface area contributed by atoms with Gasteiger partial charge in [0.25, 0.3) is 5.91 Å². The first kappa shape index (κ1) is 16.5. The molecule has 0 bridgehead atoms. The molecule has 0 radical (unpaired) electrons. The zero-order valence-electron chi connectivity index (χ0n) is 12.2. The van der Waals surface area contributed by atoms with E-state index in [4.69, 9.17) is 23.2 Å². The monoisotopic (exact) mass is 335 g/mol. The van der Waals surface area contributed by atoms with Crippen LogP contribution in [0.5, 0.6) is 0 Å². The van der Waals surface area contributed by atoms with Crippen LogP contribution in [0.2, 0.25) is 10.0 Å². The van der Waals surface area contributed by atoms with Crippen LogP contribution < -0.4 is 5.32 Å². The number of nitrogens with one attached hydrogen (secondary N) is 1. The maximum Gasteiger partial charge on any atom is 0.254 e. The molecule has 2 aromatic carbocycles. The molecule has 0 fully saturated rings. The third-order valence-electron chi connectivity index (χ3n) is 3.33. The fourth-order valence-corrected chi connectivity index (χ4v) is 2.66. The van der Waals surface area contributed by atoms with E-state index in [2.05, 4.69) is 5.32 Å². The minimum atomic E-state index is -0.351. The van der Waals surface area contributed by atoms with Gasteiger partial charge in [-0.15, -0.1) is 0 Å². The quantitative estimate of drug-likeness (QED) is 0.824. The van der Waals surface area contributed by atoms with Crippen LogP contribution in [0.4, 0.5) is 0 Å². The van der Waals surface area contributed by atoms with Crippen molar-refractivity contribution >= 4 is 34.9 Å². The fraction of sp³-hybridized carbons (Fsp3) is 0.176. The second-order valence-electron chi connectivity index (χ2n) is 4.97. The summed E-state index contributed by atoms with van der Waals surface area (Å²) in [5.74, 6) is -0.370. The zero-order chi connectivity index (χ0) is 16.3. The topological polar surface area (TPSA) is 46.2 Å². The van der Waals surface area contributed by atoms with Gasteiger partial charge in [-0.05, 0) is 37.6 Å². The molecule has 0 saturated heterocycles. The van der Waals surface area contributed by atoms with Crippen molar-refractivity contribution in [1.82, 2.24) is 5.32 Å². The van der Waals surface area contributed by atoms with Crippen molar-refractivity contribution in [2.45, 2.75) is 19.9 Å². The second kappa shape index (κ2) is 6.95. The lowest BCUT2D eigenvalue weighted by Crippen LogP contribution is -2.27. The van der Waals surface area contributed by atoms with Crippen molar-refractivity contribution in [3.8, 4) is 0 Å². The Labute approximate surface area is 139 Å². The molecule has 0 saturated carbocycles. The molecule has 5 heteroatoms. The summed E-state index contributed by atoms with van der Waals surface area (Å²) >= 11 is 12.1. The second-order valence-corrected chi connectivity index (χ2v) is 5.79. The van der Waals surface area contributed by atoms with E-state index in [-0.39, 0.29) is 23.3 Å². The van der Waals surface area contributed by atoms with Crippen LogP contribution >= 0.6 is 23.2 Å². The van der Waals surface area contributed by atoms with E-state index in [9.17, 15) is 9.59 Å². The molecular weight excluding hydrogens is 321 g/mol. The lowest BCUT2D eigenvalue weighted by Gasteiger charge is -2.16. The number of ketones is 1. The molecule has 0 aliphatic carbocycles. The van der Waals surface area contributed by atoms with Crippen LogP contribution in [0.15, 0.2) is 42.5 Å². The van der Waals surface area contributed by atoms with Crippen molar-refractivity contribution in [2.24, 2.45) is 0 Å². The normalized spacial score (nSPS) is 11.8. The van der Waals surface area contributed by atoms with Gasteiger partial charge in [0, 0.05) is 5.56 Å². The maximum atomic E-state index is 12.3. The first-order chi connectivity index (χ1) is 10.4. The van der Waals surface area contributed by atoms with Gasteiger partial charge in [0.15, 0.2) is 5.78 Å². The molecule has 0 heterocycles. The first-order valence-electron chi connectivity index (χ1n) is 6.76. The molecule has 114 valence electrons. The Morgan fingerprint density at radius 3 is 2.23 bits per heavy atom. The van der Waals surface area contributed by atoms with Crippen LogP contribution in [0, 0.1) is 0 Å². The largest absolute Gasteiger partial charge is 0.345 e. The van der Waals surface area contributed by atoms with E-state index >= 15 is 0 Å². The van der Waals surface area contributed by atoms with Gasteiger partial charge in [-0.2, -0.15) is 0 Å². The average Bonchev–Trinajstić information content (AvgIpc) is 2.47.